The second-order valence-corrected chi connectivity index (χ2v) is 7.31. The third kappa shape index (κ3) is 4.18. The van der Waals surface area contributed by atoms with Gasteiger partial charge in [-0.3, -0.25) is 4.79 Å². The predicted octanol–water partition coefficient (Wildman–Crippen LogP) is 1.63. The van der Waals surface area contributed by atoms with Crippen LogP contribution in [0.15, 0.2) is 29.2 Å². The van der Waals surface area contributed by atoms with Crippen molar-refractivity contribution in [3.63, 3.8) is 0 Å². The van der Waals surface area contributed by atoms with Crippen LogP contribution in [0.5, 0.6) is 0 Å². The van der Waals surface area contributed by atoms with Crippen LogP contribution in [-0.2, 0) is 14.8 Å². The zero-order valence-electron chi connectivity index (χ0n) is 12.8. The second-order valence-electron chi connectivity index (χ2n) is 5.19. The lowest BCUT2D eigenvalue weighted by molar-refractivity contribution is -0.136. The average Bonchev–Trinajstić information content (AvgIpc) is 2.38. The monoisotopic (exact) mass is 314 g/mol. The van der Waals surface area contributed by atoms with Crippen LogP contribution < -0.4 is 4.90 Å². The van der Waals surface area contributed by atoms with Gasteiger partial charge in [0.15, 0.2) is 0 Å². The molecule has 0 aliphatic heterocycles. The topological polar surface area (TPSA) is 77.9 Å². The van der Waals surface area contributed by atoms with Gasteiger partial charge in [-0.15, -0.1) is 0 Å². The summed E-state index contributed by atoms with van der Waals surface area (Å²) in [6.45, 7) is 4.06. The van der Waals surface area contributed by atoms with E-state index in [0.717, 1.165) is 4.31 Å². The summed E-state index contributed by atoms with van der Waals surface area (Å²) in [6.07, 6.45) is -0.0471. The van der Waals surface area contributed by atoms with Crippen LogP contribution in [0.25, 0.3) is 0 Å². The molecule has 0 atom stereocenters. The molecule has 0 radical (unpaired) electrons. The average molecular weight is 314 g/mol. The molecule has 0 fully saturated rings. The van der Waals surface area contributed by atoms with Gasteiger partial charge in [0, 0.05) is 26.7 Å². The minimum absolute atomic E-state index is 0.0112. The summed E-state index contributed by atoms with van der Waals surface area (Å²) in [7, 11) is -0.630. The second kappa shape index (κ2) is 6.91. The number of benzene rings is 1. The first kappa shape index (κ1) is 17.5. The van der Waals surface area contributed by atoms with Gasteiger partial charge >= 0.3 is 5.97 Å². The van der Waals surface area contributed by atoms with E-state index in [1.807, 2.05) is 13.8 Å². The van der Waals surface area contributed by atoms with Gasteiger partial charge in [-0.05, 0) is 26.0 Å². The maximum absolute atomic E-state index is 12.4. The lowest BCUT2D eigenvalue weighted by Gasteiger charge is -2.30. The van der Waals surface area contributed by atoms with Crippen molar-refractivity contribution in [2.24, 2.45) is 0 Å². The summed E-state index contributed by atoms with van der Waals surface area (Å²) in [6, 6.07) is 6.65. The summed E-state index contributed by atoms with van der Waals surface area (Å²) >= 11 is 0. The van der Waals surface area contributed by atoms with Gasteiger partial charge in [0.25, 0.3) is 0 Å². The molecule has 1 N–H and O–H groups in total. The molecule has 7 heteroatoms. The molecule has 0 aliphatic carbocycles. The Labute approximate surface area is 126 Å². The maximum Gasteiger partial charge on any atom is 0.305 e. The third-order valence-electron chi connectivity index (χ3n) is 3.12. The summed E-state index contributed by atoms with van der Waals surface area (Å²) in [5.74, 6) is -0.909. The van der Waals surface area contributed by atoms with Crippen LogP contribution in [0.2, 0.25) is 0 Å². The van der Waals surface area contributed by atoms with E-state index >= 15 is 0 Å². The number of para-hydroxylation sites is 1. The highest BCUT2D eigenvalue weighted by atomic mass is 32.2. The molecule has 21 heavy (non-hydrogen) atoms. The molecule has 0 saturated carbocycles. The Morgan fingerprint density at radius 3 is 2.29 bits per heavy atom. The Hall–Kier alpha value is -1.60. The van der Waals surface area contributed by atoms with Crippen molar-refractivity contribution in [1.82, 2.24) is 4.31 Å². The van der Waals surface area contributed by atoms with Crippen molar-refractivity contribution in [1.29, 1.82) is 0 Å². The van der Waals surface area contributed by atoms with E-state index in [9.17, 15) is 13.2 Å². The fourth-order valence-corrected chi connectivity index (χ4v) is 3.08. The number of hydrogen-bond acceptors (Lipinski definition) is 4. The van der Waals surface area contributed by atoms with Crippen molar-refractivity contribution in [2.45, 2.75) is 31.2 Å². The van der Waals surface area contributed by atoms with Crippen molar-refractivity contribution in [3.05, 3.63) is 24.3 Å². The van der Waals surface area contributed by atoms with Crippen LogP contribution in [0, 0.1) is 0 Å². The van der Waals surface area contributed by atoms with Gasteiger partial charge in [-0.2, -0.15) is 0 Å². The molecule has 0 heterocycles. The number of sulfonamides is 1. The lowest BCUT2D eigenvalue weighted by atomic mass is 10.2. The Kier molecular flexibility index (Phi) is 5.74. The molecule has 0 amide bonds. The van der Waals surface area contributed by atoms with Gasteiger partial charge in [0.2, 0.25) is 10.0 Å². The predicted molar refractivity (Wildman–Crippen MR) is 82.0 cm³/mol. The minimum atomic E-state index is -3.58. The molecule has 0 spiro atoms. The zero-order chi connectivity index (χ0) is 16.2. The van der Waals surface area contributed by atoms with Crippen molar-refractivity contribution < 1.29 is 18.3 Å². The van der Waals surface area contributed by atoms with Crippen LogP contribution in [0.1, 0.15) is 20.3 Å². The van der Waals surface area contributed by atoms with Crippen LogP contribution in [0.4, 0.5) is 5.69 Å². The molecule has 6 nitrogen and oxygen atoms in total. The normalized spacial score (nSPS) is 11.9. The first-order chi connectivity index (χ1) is 9.67. The molecule has 0 aromatic heterocycles. The number of carbonyl (C=O) groups is 1. The number of carboxylic acids is 1. The molecule has 0 saturated heterocycles. The Morgan fingerprint density at radius 1 is 1.24 bits per heavy atom. The summed E-state index contributed by atoms with van der Waals surface area (Å²) < 4.78 is 26.0. The van der Waals surface area contributed by atoms with Gasteiger partial charge in [0.05, 0.1) is 12.1 Å². The van der Waals surface area contributed by atoms with E-state index in [1.165, 1.54) is 14.1 Å². The number of hydrogen-bond donors (Lipinski definition) is 1. The lowest BCUT2D eigenvalue weighted by Crippen LogP contribution is -2.35. The van der Waals surface area contributed by atoms with Crippen LogP contribution >= 0.6 is 0 Å². The largest absolute Gasteiger partial charge is 0.481 e. The standard InChI is InChI=1S/C14H22N2O4S/c1-11(2)16(10-9-14(17)18)12-7-5-6-8-13(12)21(19,20)15(3)4/h5-8,11H,9-10H2,1-4H3,(H,17,18). The maximum atomic E-state index is 12.4. The van der Waals surface area contributed by atoms with Gasteiger partial charge in [0.1, 0.15) is 4.90 Å². The van der Waals surface area contributed by atoms with Gasteiger partial charge in [-0.25, -0.2) is 12.7 Å². The SMILES string of the molecule is CC(C)N(CCC(=O)O)c1ccccc1S(=O)(=O)N(C)C. The molecule has 1 rings (SSSR count). The molecule has 118 valence electrons. The van der Waals surface area contributed by atoms with Crippen molar-refractivity contribution in [2.75, 3.05) is 25.5 Å². The molecule has 0 bridgehead atoms. The molecule has 1 aromatic rings. The quantitative estimate of drug-likeness (QED) is 0.827. The van der Waals surface area contributed by atoms with Gasteiger partial charge < -0.3 is 10.0 Å². The summed E-state index contributed by atoms with van der Waals surface area (Å²) in [4.78, 5) is 12.8. The van der Waals surface area contributed by atoms with Crippen molar-refractivity contribution >= 4 is 21.7 Å². The number of rotatable bonds is 7. The number of carboxylic acid groups (broad SMARTS) is 1. The number of anilines is 1. The van der Waals surface area contributed by atoms with Crippen LogP contribution in [-0.4, -0.2) is 50.5 Å². The molecular formula is C14H22N2O4S. The number of aliphatic carboxylic acids is 1. The summed E-state index contributed by atoms with van der Waals surface area (Å²) in [5.41, 5.74) is 0.530. The Morgan fingerprint density at radius 2 is 1.81 bits per heavy atom. The number of nitrogens with zero attached hydrogens (tertiary/aromatic N) is 2. The summed E-state index contributed by atoms with van der Waals surface area (Å²) in [5, 5.41) is 8.86. The Bertz CT molecular complexity index is 597. The highest BCUT2D eigenvalue weighted by molar-refractivity contribution is 7.89. The molecule has 0 aliphatic rings. The molecule has 0 unspecified atom stereocenters. The van der Waals surface area contributed by atoms with E-state index in [-0.39, 0.29) is 23.9 Å². The first-order valence-corrected chi connectivity index (χ1v) is 8.12. The molecular weight excluding hydrogens is 292 g/mol. The zero-order valence-corrected chi connectivity index (χ0v) is 13.6. The first-order valence-electron chi connectivity index (χ1n) is 6.68. The van der Waals surface area contributed by atoms with E-state index < -0.39 is 16.0 Å². The van der Waals surface area contributed by atoms with Gasteiger partial charge in [-0.1, -0.05) is 12.1 Å². The fourth-order valence-electron chi connectivity index (χ4n) is 1.98. The van der Waals surface area contributed by atoms with E-state index in [1.54, 1.807) is 29.2 Å². The Balaban J connectivity index is 3.30. The highest BCUT2D eigenvalue weighted by Crippen LogP contribution is 2.28. The minimum Gasteiger partial charge on any atom is -0.481 e. The van der Waals surface area contributed by atoms with E-state index in [2.05, 4.69) is 0 Å². The highest BCUT2D eigenvalue weighted by Gasteiger charge is 2.25. The van der Waals surface area contributed by atoms with Crippen molar-refractivity contribution in [3.8, 4) is 0 Å². The molecule has 1 aromatic carbocycles. The van der Waals surface area contributed by atoms with E-state index in [0.29, 0.717) is 5.69 Å². The van der Waals surface area contributed by atoms with Crippen LogP contribution in [0.3, 0.4) is 0 Å². The van der Waals surface area contributed by atoms with E-state index in [4.69, 9.17) is 5.11 Å². The third-order valence-corrected chi connectivity index (χ3v) is 4.99. The fraction of sp³-hybridized carbons (Fsp3) is 0.500. The smallest absolute Gasteiger partial charge is 0.305 e.